The molecular weight excluding hydrogens is 378 g/mol. The molecule has 1 amide bonds. The highest BCUT2D eigenvalue weighted by molar-refractivity contribution is 6.07. The Morgan fingerprint density at radius 3 is 2.67 bits per heavy atom. The van der Waals surface area contributed by atoms with Crippen LogP contribution in [0.3, 0.4) is 0 Å². The molecule has 30 heavy (non-hydrogen) atoms. The number of hydrogen-bond donors (Lipinski definition) is 4. The number of aromatic nitrogens is 2. The van der Waals surface area contributed by atoms with Gasteiger partial charge in [0.1, 0.15) is 5.84 Å². The van der Waals surface area contributed by atoms with Crippen LogP contribution < -0.4 is 15.8 Å². The van der Waals surface area contributed by atoms with Crippen molar-refractivity contribution < 1.29 is 9.52 Å². The predicted molar refractivity (Wildman–Crippen MR) is 116 cm³/mol. The summed E-state index contributed by atoms with van der Waals surface area (Å²) in [6.45, 7) is 0.487. The van der Waals surface area contributed by atoms with E-state index in [4.69, 9.17) is 11.1 Å². The van der Waals surface area contributed by atoms with Gasteiger partial charge in [0.15, 0.2) is 12.4 Å². The van der Waals surface area contributed by atoms with Crippen molar-refractivity contribution in [3.63, 3.8) is 0 Å². The number of rotatable bonds is 6. The van der Waals surface area contributed by atoms with E-state index in [0.717, 1.165) is 32.3 Å². The number of nitrogens with one attached hydrogen (secondary N) is 3. The van der Waals surface area contributed by atoms with E-state index in [-0.39, 0.29) is 11.7 Å². The highest BCUT2D eigenvalue weighted by Crippen LogP contribution is 2.20. The van der Waals surface area contributed by atoms with Gasteiger partial charge in [0, 0.05) is 46.4 Å². The van der Waals surface area contributed by atoms with Gasteiger partial charge >= 0.3 is 0 Å². The smallest absolute Gasteiger partial charge is 0.251 e. The van der Waals surface area contributed by atoms with E-state index in [2.05, 4.69) is 10.3 Å². The number of carbonyl (C=O) groups is 1. The van der Waals surface area contributed by atoms with Crippen LogP contribution in [0.5, 0.6) is 0 Å². The Hall–Kier alpha value is -4.13. The lowest BCUT2D eigenvalue weighted by Gasteiger charge is -2.07. The molecule has 0 fully saturated rings. The monoisotopic (exact) mass is 399 g/mol. The number of fused-ring (bicyclic) bond motifs is 1. The molecule has 0 atom stereocenters. The lowest BCUT2D eigenvalue weighted by atomic mass is 10.0. The molecule has 0 spiro atoms. The van der Waals surface area contributed by atoms with Gasteiger partial charge in [-0.1, -0.05) is 18.2 Å². The Morgan fingerprint density at radius 1 is 1.13 bits per heavy atom. The third kappa shape index (κ3) is 4.00. The summed E-state index contributed by atoms with van der Waals surface area (Å²) in [6, 6.07) is 16.6. The van der Waals surface area contributed by atoms with Gasteiger partial charge in [-0.15, -0.1) is 0 Å². The summed E-state index contributed by atoms with van der Waals surface area (Å²) in [4.78, 5) is 15.5. The maximum Gasteiger partial charge on any atom is 0.251 e. The van der Waals surface area contributed by atoms with Crippen molar-refractivity contribution in [2.24, 2.45) is 5.73 Å². The number of nitrogens with two attached hydrogens (primary N) is 1. The molecule has 0 saturated carbocycles. The van der Waals surface area contributed by atoms with Gasteiger partial charge in [-0.05, 0) is 47.9 Å². The second kappa shape index (κ2) is 8.08. The number of pyridine rings is 1. The maximum atomic E-state index is 12.4. The highest BCUT2D eigenvalue weighted by atomic mass is 16.5. The minimum Gasteiger partial charge on any atom is -0.619 e. The molecule has 0 aliphatic carbocycles. The summed E-state index contributed by atoms with van der Waals surface area (Å²) in [5.41, 5.74) is 10.5. The van der Waals surface area contributed by atoms with E-state index >= 15 is 0 Å². The number of hydrogen-bond acceptors (Lipinski definition) is 3. The molecule has 150 valence electrons. The zero-order valence-electron chi connectivity index (χ0n) is 16.2. The molecule has 2 aromatic carbocycles. The molecule has 2 heterocycles. The van der Waals surface area contributed by atoms with E-state index in [1.54, 1.807) is 24.4 Å². The molecule has 0 unspecified atom stereocenters. The first kappa shape index (κ1) is 19.2. The quantitative estimate of drug-likeness (QED) is 0.173. The fraction of sp³-hybridized carbons (Fsp3) is 0.0870. The van der Waals surface area contributed by atoms with E-state index in [1.165, 1.54) is 12.4 Å². The molecule has 0 saturated heterocycles. The van der Waals surface area contributed by atoms with Crippen molar-refractivity contribution in [1.29, 1.82) is 5.41 Å². The normalized spacial score (nSPS) is 10.8. The van der Waals surface area contributed by atoms with Crippen LogP contribution in [-0.2, 0) is 6.42 Å². The van der Waals surface area contributed by atoms with Crippen molar-refractivity contribution in [2.45, 2.75) is 6.42 Å². The molecule has 0 bridgehead atoms. The number of nitrogen functional groups attached to an aromatic ring is 1. The Labute approximate surface area is 173 Å². The molecule has 0 aliphatic rings. The summed E-state index contributed by atoms with van der Waals surface area (Å²) in [6.07, 6.45) is 5.32. The number of amidine groups is 1. The van der Waals surface area contributed by atoms with Crippen LogP contribution in [0.15, 0.2) is 73.2 Å². The average Bonchev–Trinajstić information content (AvgIpc) is 3.17. The van der Waals surface area contributed by atoms with Gasteiger partial charge in [-0.2, -0.15) is 4.73 Å². The summed E-state index contributed by atoms with van der Waals surface area (Å²) in [7, 11) is 0. The largest absolute Gasteiger partial charge is 0.619 e. The van der Waals surface area contributed by atoms with Gasteiger partial charge in [0.05, 0.1) is 0 Å². The molecule has 7 nitrogen and oxygen atoms in total. The average molecular weight is 399 g/mol. The maximum absolute atomic E-state index is 12.4. The third-order valence-electron chi connectivity index (χ3n) is 4.99. The minimum atomic E-state index is -0.152. The van der Waals surface area contributed by atoms with E-state index in [9.17, 15) is 10.0 Å². The Balaban J connectivity index is 1.38. The Morgan fingerprint density at radius 2 is 1.93 bits per heavy atom. The molecule has 0 radical (unpaired) electrons. The number of aromatic amines is 1. The summed E-state index contributed by atoms with van der Waals surface area (Å²) < 4.78 is 0.750. The Bertz CT molecular complexity index is 1230. The fourth-order valence-corrected chi connectivity index (χ4v) is 3.41. The van der Waals surface area contributed by atoms with Crippen molar-refractivity contribution in [3.05, 3.63) is 95.1 Å². The highest BCUT2D eigenvalue weighted by Gasteiger charge is 2.09. The Kier molecular flexibility index (Phi) is 5.17. The van der Waals surface area contributed by atoms with Gasteiger partial charge in [0.25, 0.3) is 5.91 Å². The lowest BCUT2D eigenvalue weighted by molar-refractivity contribution is -0.604. The SMILES string of the molecule is N=C(N)c1c[nH]c2ccc(CCNC(=O)c3ccc(-c4ccc[n+]([O-])c4)cc3)cc12. The summed E-state index contributed by atoms with van der Waals surface area (Å²) in [5, 5.41) is 22.9. The molecule has 7 heteroatoms. The first-order valence-corrected chi connectivity index (χ1v) is 9.53. The zero-order valence-corrected chi connectivity index (χ0v) is 16.2. The van der Waals surface area contributed by atoms with E-state index in [0.29, 0.717) is 24.1 Å². The van der Waals surface area contributed by atoms with Crippen LogP contribution in [0.2, 0.25) is 0 Å². The molecule has 4 aromatic rings. The van der Waals surface area contributed by atoms with Crippen molar-refractivity contribution in [3.8, 4) is 11.1 Å². The number of nitrogens with zero attached hydrogens (tertiary/aromatic N) is 1. The van der Waals surface area contributed by atoms with Crippen LogP contribution in [0.1, 0.15) is 21.5 Å². The number of H-pyrrole nitrogens is 1. The second-order valence-electron chi connectivity index (χ2n) is 7.03. The van der Waals surface area contributed by atoms with Crippen LogP contribution >= 0.6 is 0 Å². The van der Waals surface area contributed by atoms with Gasteiger partial charge < -0.3 is 21.2 Å². The topological polar surface area (TPSA) is 122 Å². The van der Waals surface area contributed by atoms with Crippen LogP contribution in [0.4, 0.5) is 0 Å². The first-order chi connectivity index (χ1) is 14.5. The van der Waals surface area contributed by atoms with E-state index < -0.39 is 0 Å². The van der Waals surface area contributed by atoms with Crippen LogP contribution in [0, 0.1) is 10.6 Å². The second-order valence-corrected chi connectivity index (χ2v) is 7.03. The summed E-state index contributed by atoms with van der Waals surface area (Å²) in [5.74, 6) is -0.128. The van der Waals surface area contributed by atoms with Gasteiger partial charge in [0.2, 0.25) is 0 Å². The zero-order chi connectivity index (χ0) is 21.1. The summed E-state index contributed by atoms with van der Waals surface area (Å²) >= 11 is 0. The van der Waals surface area contributed by atoms with Gasteiger partial charge in [-0.3, -0.25) is 10.2 Å². The van der Waals surface area contributed by atoms with Crippen molar-refractivity contribution in [1.82, 2.24) is 10.3 Å². The molecule has 0 aliphatic heterocycles. The number of carbonyl (C=O) groups excluding carboxylic acids is 1. The standard InChI is InChI=1S/C23H21N5O2/c24-22(25)20-13-27-21-8-3-15(12-19(20)21)9-10-26-23(29)17-6-4-16(5-7-17)18-2-1-11-28(30)14-18/h1-8,11-14,27H,9-10H2,(H3,24,25)(H,26,29). The van der Waals surface area contributed by atoms with Crippen molar-refractivity contribution in [2.75, 3.05) is 6.54 Å². The first-order valence-electron chi connectivity index (χ1n) is 9.53. The predicted octanol–water partition coefficient (Wildman–Crippen LogP) is 2.72. The number of benzene rings is 2. The van der Waals surface area contributed by atoms with Crippen LogP contribution in [0.25, 0.3) is 22.0 Å². The fourth-order valence-electron chi connectivity index (χ4n) is 3.41. The molecule has 4 rings (SSSR count). The molecule has 2 aromatic heterocycles. The van der Waals surface area contributed by atoms with E-state index in [1.807, 2.05) is 36.4 Å². The molecule has 5 N–H and O–H groups in total. The van der Waals surface area contributed by atoms with Crippen molar-refractivity contribution >= 4 is 22.6 Å². The number of amides is 1. The molecular formula is C23H21N5O2. The lowest BCUT2D eigenvalue weighted by Crippen LogP contribution is -2.25. The van der Waals surface area contributed by atoms with Crippen LogP contribution in [-0.4, -0.2) is 23.3 Å². The van der Waals surface area contributed by atoms with Gasteiger partial charge in [-0.25, -0.2) is 0 Å². The minimum absolute atomic E-state index is 0.0238. The third-order valence-corrected chi connectivity index (χ3v) is 4.99.